The predicted octanol–water partition coefficient (Wildman–Crippen LogP) is 2.64. The lowest BCUT2D eigenvalue weighted by Gasteiger charge is -2.36. The summed E-state index contributed by atoms with van der Waals surface area (Å²) in [6, 6.07) is 4.28. The van der Waals surface area contributed by atoms with Gasteiger partial charge < -0.3 is 15.8 Å². The Bertz CT molecular complexity index is 423. The van der Waals surface area contributed by atoms with Crippen molar-refractivity contribution in [2.75, 3.05) is 25.1 Å². The van der Waals surface area contributed by atoms with E-state index in [0.717, 1.165) is 13.0 Å². The van der Waals surface area contributed by atoms with Gasteiger partial charge in [0.25, 0.3) is 0 Å². The van der Waals surface area contributed by atoms with Gasteiger partial charge in [-0.1, -0.05) is 11.6 Å². The molecule has 2 unspecified atom stereocenters. The van der Waals surface area contributed by atoms with E-state index in [0.29, 0.717) is 29.8 Å². The summed E-state index contributed by atoms with van der Waals surface area (Å²) in [5.74, 6) is -0.00854. The molecule has 0 saturated carbocycles. The van der Waals surface area contributed by atoms with Crippen LogP contribution in [0.3, 0.4) is 0 Å². The minimum atomic E-state index is -0.339. The third-order valence-corrected chi connectivity index (χ3v) is 3.93. The van der Waals surface area contributed by atoms with Gasteiger partial charge in [-0.25, -0.2) is 4.39 Å². The molecule has 0 aromatic heterocycles. The molecule has 0 radical (unpaired) electrons. The first kappa shape index (κ1) is 13.6. The first-order chi connectivity index (χ1) is 8.55. The molecule has 3 nitrogen and oxygen atoms in total. The number of ether oxygens (including phenoxy) is 1. The molecule has 100 valence electrons. The summed E-state index contributed by atoms with van der Waals surface area (Å²) in [7, 11) is 0. The highest BCUT2D eigenvalue weighted by molar-refractivity contribution is 6.33. The Hall–Kier alpha value is -0.840. The largest absolute Gasteiger partial charge is 0.381 e. The summed E-state index contributed by atoms with van der Waals surface area (Å²) in [5, 5.41) is 3.77. The summed E-state index contributed by atoms with van der Waals surface area (Å²) in [5.41, 5.74) is 6.11. The molecule has 1 fully saturated rings. The summed E-state index contributed by atoms with van der Waals surface area (Å²) < 4.78 is 18.6. The second-order valence-electron chi connectivity index (χ2n) is 4.93. The lowest BCUT2D eigenvalue weighted by Crippen LogP contribution is -2.49. The van der Waals surface area contributed by atoms with Crippen molar-refractivity contribution in [2.24, 2.45) is 11.7 Å². The molecule has 18 heavy (non-hydrogen) atoms. The van der Waals surface area contributed by atoms with E-state index in [4.69, 9.17) is 22.1 Å². The molecule has 2 atom stereocenters. The molecule has 0 amide bonds. The monoisotopic (exact) mass is 272 g/mol. The van der Waals surface area contributed by atoms with Crippen molar-refractivity contribution < 1.29 is 9.13 Å². The topological polar surface area (TPSA) is 47.3 Å². The zero-order valence-corrected chi connectivity index (χ0v) is 11.1. The fraction of sp³-hybridized carbons (Fsp3) is 0.538. The molecule has 1 heterocycles. The smallest absolute Gasteiger partial charge is 0.125 e. The van der Waals surface area contributed by atoms with Crippen molar-refractivity contribution in [1.82, 2.24) is 0 Å². The minimum Gasteiger partial charge on any atom is -0.381 e. The van der Waals surface area contributed by atoms with Crippen LogP contribution in [0.2, 0.25) is 5.02 Å². The van der Waals surface area contributed by atoms with E-state index in [1.54, 1.807) is 6.07 Å². The Morgan fingerprint density at radius 2 is 2.39 bits per heavy atom. The SMILES string of the molecule is CC(CN)(Nc1cc(F)ccc1Cl)C1CCOC1. The summed E-state index contributed by atoms with van der Waals surface area (Å²) in [6.45, 7) is 3.88. The van der Waals surface area contributed by atoms with Gasteiger partial charge in [-0.3, -0.25) is 0 Å². The predicted molar refractivity (Wildman–Crippen MR) is 71.4 cm³/mol. The molecule has 3 N–H and O–H groups in total. The van der Waals surface area contributed by atoms with Crippen LogP contribution in [0.15, 0.2) is 18.2 Å². The quantitative estimate of drug-likeness (QED) is 0.886. The zero-order chi connectivity index (χ0) is 13.2. The van der Waals surface area contributed by atoms with Crippen LogP contribution < -0.4 is 11.1 Å². The third kappa shape index (κ3) is 2.76. The summed E-state index contributed by atoms with van der Waals surface area (Å²) in [6.07, 6.45) is 0.952. The number of rotatable bonds is 4. The average molecular weight is 273 g/mol. The van der Waals surface area contributed by atoms with Gasteiger partial charge in [0.2, 0.25) is 0 Å². The van der Waals surface area contributed by atoms with E-state index < -0.39 is 0 Å². The van der Waals surface area contributed by atoms with Crippen molar-refractivity contribution in [3.05, 3.63) is 29.0 Å². The Labute approximate surface area is 111 Å². The number of benzene rings is 1. The average Bonchev–Trinajstić information content (AvgIpc) is 2.88. The zero-order valence-electron chi connectivity index (χ0n) is 10.4. The normalized spacial score (nSPS) is 22.8. The van der Waals surface area contributed by atoms with Crippen LogP contribution >= 0.6 is 11.6 Å². The fourth-order valence-corrected chi connectivity index (χ4v) is 2.42. The molecular weight excluding hydrogens is 255 g/mol. The Morgan fingerprint density at radius 3 is 3.00 bits per heavy atom. The Morgan fingerprint density at radius 1 is 1.61 bits per heavy atom. The van der Waals surface area contributed by atoms with Crippen molar-refractivity contribution in [1.29, 1.82) is 0 Å². The van der Waals surface area contributed by atoms with Gasteiger partial charge in [0, 0.05) is 19.1 Å². The number of anilines is 1. The van der Waals surface area contributed by atoms with E-state index >= 15 is 0 Å². The maximum absolute atomic E-state index is 13.2. The van der Waals surface area contributed by atoms with E-state index in [-0.39, 0.29) is 11.4 Å². The molecule has 1 aliphatic rings. The highest BCUT2D eigenvalue weighted by Crippen LogP contribution is 2.32. The lowest BCUT2D eigenvalue weighted by molar-refractivity contribution is 0.172. The van der Waals surface area contributed by atoms with Gasteiger partial charge in [-0.15, -0.1) is 0 Å². The van der Waals surface area contributed by atoms with Gasteiger partial charge in [0.1, 0.15) is 5.82 Å². The molecule has 0 aliphatic carbocycles. The summed E-state index contributed by atoms with van der Waals surface area (Å²) in [4.78, 5) is 0. The first-order valence-corrected chi connectivity index (χ1v) is 6.44. The van der Waals surface area contributed by atoms with E-state index in [9.17, 15) is 4.39 Å². The standard InChI is InChI=1S/C13H18ClFN2O/c1-13(8-16,9-4-5-18-7-9)17-12-6-10(15)2-3-11(12)14/h2-3,6,9,17H,4-5,7-8,16H2,1H3. The van der Waals surface area contributed by atoms with Crippen LogP contribution in [0, 0.1) is 11.7 Å². The van der Waals surface area contributed by atoms with Crippen molar-refractivity contribution in [2.45, 2.75) is 18.9 Å². The Kier molecular flexibility index (Phi) is 4.10. The highest BCUT2D eigenvalue weighted by Gasteiger charge is 2.36. The lowest BCUT2D eigenvalue weighted by atomic mass is 9.84. The van der Waals surface area contributed by atoms with E-state index in [1.165, 1.54) is 12.1 Å². The third-order valence-electron chi connectivity index (χ3n) is 3.60. The Balaban J connectivity index is 2.21. The minimum absolute atomic E-state index is 0.307. The highest BCUT2D eigenvalue weighted by atomic mass is 35.5. The van der Waals surface area contributed by atoms with Crippen LogP contribution in [-0.4, -0.2) is 25.3 Å². The molecule has 1 aromatic rings. The van der Waals surface area contributed by atoms with Crippen LogP contribution in [0.1, 0.15) is 13.3 Å². The summed E-state index contributed by atoms with van der Waals surface area (Å²) >= 11 is 6.06. The maximum atomic E-state index is 13.2. The van der Waals surface area contributed by atoms with Crippen molar-refractivity contribution in [3.8, 4) is 0 Å². The van der Waals surface area contributed by atoms with E-state index in [2.05, 4.69) is 5.32 Å². The molecular formula is C13H18ClFN2O. The molecule has 5 heteroatoms. The van der Waals surface area contributed by atoms with Gasteiger partial charge in [0.15, 0.2) is 0 Å². The van der Waals surface area contributed by atoms with Crippen LogP contribution in [-0.2, 0) is 4.74 Å². The molecule has 1 saturated heterocycles. The second-order valence-corrected chi connectivity index (χ2v) is 5.34. The molecule has 1 aromatic carbocycles. The molecule has 1 aliphatic heterocycles. The van der Waals surface area contributed by atoms with E-state index in [1.807, 2.05) is 6.92 Å². The molecule has 0 bridgehead atoms. The number of hydrogen-bond acceptors (Lipinski definition) is 3. The van der Waals surface area contributed by atoms with Gasteiger partial charge in [0.05, 0.1) is 22.9 Å². The number of halogens is 2. The van der Waals surface area contributed by atoms with Gasteiger partial charge in [-0.2, -0.15) is 0 Å². The number of hydrogen-bond donors (Lipinski definition) is 2. The van der Waals surface area contributed by atoms with Crippen molar-refractivity contribution in [3.63, 3.8) is 0 Å². The maximum Gasteiger partial charge on any atom is 0.125 e. The van der Waals surface area contributed by atoms with Gasteiger partial charge in [-0.05, 0) is 31.5 Å². The van der Waals surface area contributed by atoms with Gasteiger partial charge >= 0.3 is 0 Å². The van der Waals surface area contributed by atoms with Crippen LogP contribution in [0.4, 0.5) is 10.1 Å². The number of nitrogens with one attached hydrogen (secondary N) is 1. The number of nitrogens with two attached hydrogens (primary N) is 1. The van der Waals surface area contributed by atoms with Crippen LogP contribution in [0.5, 0.6) is 0 Å². The molecule has 0 spiro atoms. The first-order valence-electron chi connectivity index (χ1n) is 6.06. The van der Waals surface area contributed by atoms with Crippen molar-refractivity contribution >= 4 is 17.3 Å². The second kappa shape index (κ2) is 5.43. The van der Waals surface area contributed by atoms with Crippen LogP contribution in [0.25, 0.3) is 0 Å². The molecule has 2 rings (SSSR count). The fourth-order valence-electron chi connectivity index (χ4n) is 2.26.